The highest BCUT2D eigenvalue weighted by Gasteiger charge is 2.41. The zero-order chi connectivity index (χ0) is 12.5. The van der Waals surface area contributed by atoms with E-state index in [2.05, 4.69) is 37.2 Å². The van der Waals surface area contributed by atoms with Crippen molar-refractivity contribution in [3.63, 3.8) is 0 Å². The SMILES string of the molecule is O=C(O)CC1(Oc2ccc(Br)cc2Br)CNC1. The third-order valence-corrected chi connectivity index (χ3v) is 3.70. The Hall–Kier alpha value is -0.590. The summed E-state index contributed by atoms with van der Waals surface area (Å²) in [6.07, 6.45) is 0.00248. The van der Waals surface area contributed by atoms with Crippen LogP contribution in [-0.4, -0.2) is 29.8 Å². The molecule has 0 aromatic heterocycles. The van der Waals surface area contributed by atoms with Gasteiger partial charge in [-0.2, -0.15) is 0 Å². The van der Waals surface area contributed by atoms with E-state index in [1.54, 1.807) is 0 Å². The van der Waals surface area contributed by atoms with Crippen molar-refractivity contribution in [2.45, 2.75) is 12.0 Å². The molecule has 1 saturated heterocycles. The second kappa shape index (κ2) is 4.96. The molecule has 0 unspecified atom stereocenters. The van der Waals surface area contributed by atoms with Crippen LogP contribution in [0.2, 0.25) is 0 Å². The van der Waals surface area contributed by atoms with Crippen molar-refractivity contribution < 1.29 is 14.6 Å². The Morgan fingerprint density at radius 3 is 2.65 bits per heavy atom. The van der Waals surface area contributed by atoms with Crippen molar-refractivity contribution >= 4 is 37.8 Å². The number of benzene rings is 1. The maximum atomic E-state index is 10.8. The lowest BCUT2D eigenvalue weighted by Gasteiger charge is -2.41. The lowest BCUT2D eigenvalue weighted by molar-refractivity contribution is -0.143. The molecule has 1 aliphatic heterocycles. The van der Waals surface area contributed by atoms with Gasteiger partial charge in [-0.15, -0.1) is 0 Å². The summed E-state index contributed by atoms with van der Waals surface area (Å²) in [5.41, 5.74) is -0.623. The van der Waals surface area contributed by atoms with Gasteiger partial charge in [-0.05, 0) is 34.1 Å². The van der Waals surface area contributed by atoms with Gasteiger partial charge in [0.15, 0.2) is 0 Å². The Balaban J connectivity index is 2.15. The molecule has 0 bridgehead atoms. The van der Waals surface area contributed by atoms with Gasteiger partial charge in [0.25, 0.3) is 0 Å². The maximum Gasteiger partial charge on any atom is 0.307 e. The molecule has 0 atom stereocenters. The Morgan fingerprint density at radius 1 is 1.47 bits per heavy atom. The normalized spacial score (nSPS) is 17.3. The van der Waals surface area contributed by atoms with E-state index in [1.165, 1.54) is 0 Å². The van der Waals surface area contributed by atoms with Gasteiger partial charge in [-0.3, -0.25) is 4.79 Å². The molecule has 1 aromatic carbocycles. The number of hydrogen-bond acceptors (Lipinski definition) is 3. The summed E-state index contributed by atoms with van der Waals surface area (Å²) in [6.45, 7) is 1.11. The van der Waals surface area contributed by atoms with E-state index < -0.39 is 11.6 Å². The zero-order valence-electron chi connectivity index (χ0n) is 8.87. The van der Waals surface area contributed by atoms with Crippen LogP contribution < -0.4 is 10.1 Å². The molecule has 4 nitrogen and oxygen atoms in total. The molecule has 2 N–H and O–H groups in total. The van der Waals surface area contributed by atoms with E-state index in [9.17, 15) is 4.79 Å². The molecule has 0 radical (unpaired) electrons. The number of ether oxygens (including phenoxy) is 1. The number of hydrogen-bond donors (Lipinski definition) is 2. The van der Waals surface area contributed by atoms with E-state index in [0.29, 0.717) is 18.8 Å². The molecule has 0 amide bonds. The second-order valence-corrected chi connectivity index (χ2v) is 5.80. The van der Waals surface area contributed by atoms with Crippen LogP contribution in [0.5, 0.6) is 5.75 Å². The van der Waals surface area contributed by atoms with Gasteiger partial charge in [0.05, 0.1) is 10.9 Å². The second-order valence-electron chi connectivity index (χ2n) is 4.03. The van der Waals surface area contributed by atoms with Gasteiger partial charge in [-0.25, -0.2) is 0 Å². The lowest BCUT2D eigenvalue weighted by atomic mass is 9.92. The Bertz CT molecular complexity index is 446. The molecule has 92 valence electrons. The number of aliphatic carboxylic acids is 1. The number of halogens is 2. The molecule has 1 aliphatic rings. The van der Waals surface area contributed by atoms with Crippen molar-refractivity contribution in [1.29, 1.82) is 0 Å². The zero-order valence-corrected chi connectivity index (χ0v) is 12.0. The van der Waals surface area contributed by atoms with Crippen molar-refractivity contribution in [2.24, 2.45) is 0 Å². The molecule has 1 heterocycles. The number of carboxylic acids is 1. The van der Waals surface area contributed by atoms with E-state index in [1.807, 2.05) is 18.2 Å². The first-order valence-electron chi connectivity index (χ1n) is 5.07. The average Bonchev–Trinajstić information content (AvgIpc) is 2.18. The van der Waals surface area contributed by atoms with Crippen LogP contribution in [0, 0.1) is 0 Å². The Morgan fingerprint density at radius 2 is 2.18 bits per heavy atom. The number of carboxylic acid groups (broad SMARTS) is 1. The summed E-state index contributed by atoms with van der Waals surface area (Å²) in [4.78, 5) is 10.8. The van der Waals surface area contributed by atoms with Crippen LogP contribution in [0.4, 0.5) is 0 Å². The van der Waals surface area contributed by atoms with Gasteiger partial charge < -0.3 is 15.2 Å². The highest BCUT2D eigenvalue weighted by atomic mass is 79.9. The van der Waals surface area contributed by atoms with E-state index in [4.69, 9.17) is 9.84 Å². The molecule has 0 saturated carbocycles. The minimum atomic E-state index is -0.847. The van der Waals surface area contributed by atoms with E-state index in [-0.39, 0.29) is 6.42 Å². The first kappa shape index (κ1) is 12.9. The molecule has 0 spiro atoms. The van der Waals surface area contributed by atoms with Crippen LogP contribution in [0.25, 0.3) is 0 Å². The fourth-order valence-corrected chi connectivity index (χ4v) is 2.83. The molecular formula is C11H11Br2NO3. The first-order chi connectivity index (χ1) is 8.01. The highest BCUT2D eigenvalue weighted by Crippen LogP contribution is 2.33. The largest absolute Gasteiger partial charge is 0.483 e. The monoisotopic (exact) mass is 363 g/mol. The summed E-state index contributed by atoms with van der Waals surface area (Å²) in [5.74, 6) is -0.185. The predicted octanol–water partition coefficient (Wildman–Crippen LogP) is 2.41. The van der Waals surface area contributed by atoms with Crippen LogP contribution in [0.3, 0.4) is 0 Å². The fraction of sp³-hybridized carbons (Fsp3) is 0.364. The van der Waals surface area contributed by atoms with E-state index >= 15 is 0 Å². The summed E-state index contributed by atoms with van der Waals surface area (Å²) in [5, 5.41) is 11.9. The predicted molar refractivity (Wildman–Crippen MR) is 70.3 cm³/mol. The lowest BCUT2D eigenvalue weighted by Crippen LogP contribution is -2.64. The number of rotatable bonds is 4. The molecule has 1 fully saturated rings. The van der Waals surface area contributed by atoms with Crippen molar-refractivity contribution in [1.82, 2.24) is 5.32 Å². The highest BCUT2D eigenvalue weighted by molar-refractivity contribution is 9.11. The van der Waals surface area contributed by atoms with Crippen molar-refractivity contribution in [2.75, 3.05) is 13.1 Å². The number of carbonyl (C=O) groups is 1. The molecule has 0 aliphatic carbocycles. The summed E-state index contributed by atoms with van der Waals surface area (Å²) < 4.78 is 7.57. The van der Waals surface area contributed by atoms with Crippen LogP contribution in [0.1, 0.15) is 6.42 Å². The topological polar surface area (TPSA) is 58.6 Å². The molecule has 2 rings (SSSR count). The van der Waals surface area contributed by atoms with E-state index in [0.717, 1.165) is 8.95 Å². The summed E-state index contributed by atoms with van der Waals surface area (Å²) >= 11 is 6.75. The molecule has 17 heavy (non-hydrogen) atoms. The van der Waals surface area contributed by atoms with Crippen molar-refractivity contribution in [3.05, 3.63) is 27.1 Å². The van der Waals surface area contributed by atoms with Gasteiger partial charge >= 0.3 is 5.97 Å². The van der Waals surface area contributed by atoms with Crippen molar-refractivity contribution in [3.8, 4) is 5.75 Å². The van der Waals surface area contributed by atoms with Gasteiger partial charge in [-0.1, -0.05) is 15.9 Å². The third-order valence-electron chi connectivity index (χ3n) is 2.59. The minimum absolute atomic E-state index is 0.00248. The van der Waals surface area contributed by atoms with Gasteiger partial charge in [0, 0.05) is 17.6 Å². The Kier molecular flexibility index (Phi) is 3.75. The third kappa shape index (κ3) is 3.00. The summed E-state index contributed by atoms with van der Waals surface area (Å²) in [7, 11) is 0. The van der Waals surface area contributed by atoms with Gasteiger partial charge in [0.1, 0.15) is 11.4 Å². The van der Waals surface area contributed by atoms with Crippen LogP contribution in [0.15, 0.2) is 27.1 Å². The van der Waals surface area contributed by atoms with Crippen LogP contribution in [-0.2, 0) is 4.79 Å². The Labute approximate surface area is 116 Å². The maximum absolute atomic E-state index is 10.8. The standard InChI is InChI=1S/C11H11Br2NO3/c12-7-1-2-9(8(13)3-7)17-11(4-10(15)16)5-14-6-11/h1-3,14H,4-6H2,(H,15,16). The summed E-state index contributed by atoms with van der Waals surface area (Å²) in [6, 6.07) is 5.55. The fourth-order valence-electron chi connectivity index (χ4n) is 1.70. The molecule has 1 aromatic rings. The van der Waals surface area contributed by atoms with Crippen LogP contribution >= 0.6 is 31.9 Å². The quantitative estimate of drug-likeness (QED) is 0.861. The average molecular weight is 365 g/mol. The molecular weight excluding hydrogens is 354 g/mol. The smallest absolute Gasteiger partial charge is 0.307 e. The first-order valence-corrected chi connectivity index (χ1v) is 6.66. The minimum Gasteiger partial charge on any atom is -0.483 e. The number of nitrogens with one attached hydrogen (secondary N) is 1. The molecule has 6 heteroatoms. The van der Waals surface area contributed by atoms with Gasteiger partial charge in [0.2, 0.25) is 0 Å².